The molecule has 0 aliphatic rings. The molecule has 0 aliphatic carbocycles. The molecule has 0 rings (SSSR count). The van der Waals surface area contributed by atoms with Gasteiger partial charge in [-0.3, -0.25) is 0 Å². The highest BCUT2D eigenvalue weighted by molar-refractivity contribution is 4.87. The molecule has 0 spiro atoms. The first-order valence-electron chi connectivity index (χ1n) is 9.54. The molecule has 134 valence electrons. The lowest BCUT2D eigenvalue weighted by molar-refractivity contribution is 0.229. The van der Waals surface area contributed by atoms with Crippen LogP contribution in [0.1, 0.15) is 66.7 Å². The highest BCUT2D eigenvalue weighted by Gasteiger charge is 2.18. The lowest BCUT2D eigenvalue weighted by Gasteiger charge is -2.26. The molecule has 0 saturated heterocycles. The Balaban J connectivity index is 4.05. The van der Waals surface area contributed by atoms with E-state index in [1.54, 1.807) is 0 Å². The molecule has 0 bridgehead atoms. The number of allylic oxidation sites excluding steroid dienone is 1. The summed E-state index contributed by atoms with van der Waals surface area (Å²) in [5.41, 5.74) is 0. The lowest BCUT2D eigenvalue weighted by atomic mass is 9.88. The van der Waals surface area contributed by atoms with Gasteiger partial charge in [-0.05, 0) is 62.9 Å². The number of nitriles is 1. The average Bonchev–Trinajstić information content (AvgIpc) is 2.50. The standard InChI is InChI=1S/C21H40N2/c1-8-10-21(15-22)20(6)16-23(7)12-11-18(4)14-19(5)13-17(3)9-2/h9,17-21H,2,8,10-14,16H2,1,3-7H3/t17?,18?,19-,20?,21?/m0/s1. The minimum absolute atomic E-state index is 0.209. The van der Waals surface area contributed by atoms with Crippen LogP contribution in [0.25, 0.3) is 0 Å². The first-order valence-corrected chi connectivity index (χ1v) is 9.54. The van der Waals surface area contributed by atoms with Gasteiger partial charge in [-0.15, -0.1) is 6.58 Å². The molecule has 2 heteroatoms. The van der Waals surface area contributed by atoms with Gasteiger partial charge in [0.05, 0.1) is 12.0 Å². The Morgan fingerprint density at radius 3 is 2.26 bits per heavy atom. The van der Waals surface area contributed by atoms with Crippen molar-refractivity contribution in [3.05, 3.63) is 12.7 Å². The molecular formula is C21H40N2. The van der Waals surface area contributed by atoms with Crippen LogP contribution >= 0.6 is 0 Å². The van der Waals surface area contributed by atoms with Gasteiger partial charge in [-0.1, -0.05) is 47.1 Å². The third-order valence-corrected chi connectivity index (χ3v) is 5.04. The van der Waals surface area contributed by atoms with Gasteiger partial charge < -0.3 is 4.90 Å². The van der Waals surface area contributed by atoms with Crippen LogP contribution in [-0.2, 0) is 0 Å². The summed E-state index contributed by atoms with van der Waals surface area (Å²) < 4.78 is 0. The average molecular weight is 321 g/mol. The number of rotatable bonds is 13. The minimum atomic E-state index is 0.209. The SMILES string of the molecule is C=CC(C)C[C@H](C)CC(C)CCN(C)CC(C)C(C#N)CCC. The summed E-state index contributed by atoms with van der Waals surface area (Å²) in [6.45, 7) is 17.4. The Hall–Kier alpha value is -0.810. The van der Waals surface area contributed by atoms with Crippen LogP contribution in [0, 0.1) is 40.9 Å². The van der Waals surface area contributed by atoms with Gasteiger partial charge in [0.2, 0.25) is 0 Å². The molecule has 2 nitrogen and oxygen atoms in total. The molecule has 23 heavy (non-hydrogen) atoms. The quantitative estimate of drug-likeness (QED) is 0.403. The van der Waals surface area contributed by atoms with Crippen LogP contribution in [0.3, 0.4) is 0 Å². The fraction of sp³-hybridized carbons (Fsp3) is 0.857. The second-order valence-electron chi connectivity index (χ2n) is 7.95. The summed E-state index contributed by atoms with van der Waals surface area (Å²) in [7, 11) is 2.20. The first-order chi connectivity index (χ1) is 10.8. The molecule has 0 aromatic heterocycles. The zero-order valence-electron chi connectivity index (χ0n) is 16.5. The van der Waals surface area contributed by atoms with Crippen molar-refractivity contribution in [1.29, 1.82) is 5.26 Å². The predicted molar refractivity (Wildman–Crippen MR) is 102 cm³/mol. The molecule has 0 aromatic carbocycles. The highest BCUT2D eigenvalue weighted by atomic mass is 15.1. The maximum Gasteiger partial charge on any atom is 0.0659 e. The van der Waals surface area contributed by atoms with Crippen LogP contribution in [0.5, 0.6) is 0 Å². The molecule has 0 saturated carbocycles. The zero-order valence-corrected chi connectivity index (χ0v) is 16.5. The Labute approximate surface area is 146 Å². The van der Waals surface area contributed by atoms with Gasteiger partial charge in [-0.2, -0.15) is 5.26 Å². The van der Waals surface area contributed by atoms with Crippen molar-refractivity contribution in [3.63, 3.8) is 0 Å². The van der Waals surface area contributed by atoms with E-state index in [-0.39, 0.29) is 5.92 Å². The van der Waals surface area contributed by atoms with Crippen molar-refractivity contribution in [2.75, 3.05) is 20.1 Å². The van der Waals surface area contributed by atoms with E-state index in [4.69, 9.17) is 0 Å². The van der Waals surface area contributed by atoms with E-state index in [0.717, 1.165) is 37.8 Å². The Morgan fingerprint density at radius 2 is 1.74 bits per heavy atom. The highest BCUT2D eigenvalue weighted by Crippen LogP contribution is 2.23. The molecular weight excluding hydrogens is 280 g/mol. The van der Waals surface area contributed by atoms with Crippen LogP contribution in [0.15, 0.2) is 12.7 Å². The summed E-state index contributed by atoms with van der Waals surface area (Å²) >= 11 is 0. The summed E-state index contributed by atoms with van der Waals surface area (Å²) in [6, 6.07) is 2.49. The number of nitrogens with zero attached hydrogens (tertiary/aromatic N) is 2. The van der Waals surface area contributed by atoms with Crippen molar-refractivity contribution >= 4 is 0 Å². The molecule has 0 fully saturated rings. The van der Waals surface area contributed by atoms with Gasteiger partial charge in [-0.25, -0.2) is 0 Å². The van der Waals surface area contributed by atoms with Gasteiger partial charge >= 0.3 is 0 Å². The molecule has 0 aliphatic heterocycles. The second-order valence-corrected chi connectivity index (χ2v) is 7.95. The normalized spacial score (nSPS) is 18.0. The number of hydrogen-bond donors (Lipinski definition) is 0. The third kappa shape index (κ3) is 10.6. The summed E-state index contributed by atoms with van der Waals surface area (Å²) in [5, 5.41) is 9.27. The van der Waals surface area contributed by atoms with Crippen molar-refractivity contribution < 1.29 is 0 Å². The minimum Gasteiger partial charge on any atom is -0.306 e. The van der Waals surface area contributed by atoms with Gasteiger partial charge in [0.25, 0.3) is 0 Å². The summed E-state index contributed by atoms with van der Waals surface area (Å²) in [6.07, 6.45) is 8.00. The van der Waals surface area contributed by atoms with Crippen LogP contribution in [-0.4, -0.2) is 25.0 Å². The smallest absolute Gasteiger partial charge is 0.0659 e. The maximum atomic E-state index is 9.27. The predicted octanol–water partition coefficient (Wildman–Crippen LogP) is 5.76. The van der Waals surface area contributed by atoms with Crippen LogP contribution in [0.4, 0.5) is 0 Å². The molecule has 5 atom stereocenters. The molecule has 0 amide bonds. The Kier molecular flexibility index (Phi) is 12.1. The molecule has 0 aromatic rings. The van der Waals surface area contributed by atoms with E-state index in [9.17, 15) is 5.26 Å². The largest absolute Gasteiger partial charge is 0.306 e. The van der Waals surface area contributed by atoms with Gasteiger partial charge in [0.15, 0.2) is 0 Å². The van der Waals surface area contributed by atoms with E-state index in [2.05, 4.69) is 65.3 Å². The van der Waals surface area contributed by atoms with E-state index >= 15 is 0 Å². The van der Waals surface area contributed by atoms with E-state index in [0.29, 0.717) is 11.8 Å². The van der Waals surface area contributed by atoms with Gasteiger partial charge in [0, 0.05) is 6.54 Å². The Morgan fingerprint density at radius 1 is 1.09 bits per heavy atom. The fourth-order valence-electron chi connectivity index (χ4n) is 3.57. The molecule has 0 radical (unpaired) electrons. The zero-order chi connectivity index (χ0) is 17.8. The van der Waals surface area contributed by atoms with Crippen molar-refractivity contribution in [2.24, 2.45) is 29.6 Å². The summed E-state index contributed by atoms with van der Waals surface area (Å²) in [5.74, 6) is 2.84. The fourth-order valence-corrected chi connectivity index (χ4v) is 3.57. The Bertz CT molecular complexity index is 344. The monoisotopic (exact) mass is 320 g/mol. The maximum absolute atomic E-state index is 9.27. The van der Waals surface area contributed by atoms with Crippen molar-refractivity contribution in [1.82, 2.24) is 4.90 Å². The lowest BCUT2D eigenvalue weighted by Crippen LogP contribution is -2.29. The topological polar surface area (TPSA) is 27.0 Å². The van der Waals surface area contributed by atoms with E-state index in [1.807, 2.05) is 0 Å². The third-order valence-electron chi connectivity index (χ3n) is 5.04. The van der Waals surface area contributed by atoms with Crippen LogP contribution in [0.2, 0.25) is 0 Å². The molecule has 0 heterocycles. The first kappa shape index (κ1) is 22.2. The number of hydrogen-bond acceptors (Lipinski definition) is 2. The summed E-state index contributed by atoms with van der Waals surface area (Å²) in [4.78, 5) is 2.41. The molecule has 0 N–H and O–H groups in total. The second kappa shape index (κ2) is 12.6. The van der Waals surface area contributed by atoms with E-state index < -0.39 is 0 Å². The van der Waals surface area contributed by atoms with Crippen LogP contribution < -0.4 is 0 Å². The van der Waals surface area contributed by atoms with Crippen molar-refractivity contribution in [2.45, 2.75) is 66.7 Å². The van der Waals surface area contributed by atoms with Gasteiger partial charge in [0.1, 0.15) is 0 Å². The van der Waals surface area contributed by atoms with E-state index in [1.165, 1.54) is 19.3 Å². The molecule has 4 unspecified atom stereocenters. The van der Waals surface area contributed by atoms with Crippen molar-refractivity contribution in [3.8, 4) is 6.07 Å².